The summed E-state index contributed by atoms with van der Waals surface area (Å²) in [6.07, 6.45) is 0. The van der Waals surface area contributed by atoms with Crippen molar-refractivity contribution in [2.45, 2.75) is 27.7 Å². The standard InChI is InChI=1S/2C7H7I.C2H6/c2*1-6-4-2-3-5-7(6)8;1-2/h2*2-5H,1H3;1-2H3. The van der Waals surface area contributed by atoms with Gasteiger partial charge < -0.3 is 0 Å². The maximum atomic E-state index is 2.32. The van der Waals surface area contributed by atoms with Crippen molar-refractivity contribution in [2.75, 3.05) is 0 Å². The second-order valence-corrected chi connectivity index (χ2v) is 5.82. The summed E-state index contributed by atoms with van der Waals surface area (Å²) in [5.74, 6) is 0. The number of rotatable bonds is 0. The van der Waals surface area contributed by atoms with Gasteiger partial charge in [0.1, 0.15) is 0 Å². The van der Waals surface area contributed by atoms with Gasteiger partial charge in [0.25, 0.3) is 0 Å². The molecule has 98 valence electrons. The van der Waals surface area contributed by atoms with E-state index >= 15 is 0 Å². The lowest BCUT2D eigenvalue weighted by atomic mass is 10.2. The van der Waals surface area contributed by atoms with Crippen LogP contribution >= 0.6 is 45.2 Å². The second-order valence-electron chi connectivity index (χ2n) is 3.50. The van der Waals surface area contributed by atoms with E-state index in [2.05, 4.69) is 108 Å². The first kappa shape index (κ1) is 17.9. The van der Waals surface area contributed by atoms with Crippen molar-refractivity contribution in [3.8, 4) is 0 Å². The van der Waals surface area contributed by atoms with Gasteiger partial charge in [-0.1, -0.05) is 50.2 Å². The van der Waals surface area contributed by atoms with Crippen LogP contribution in [0.2, 0.25) is 0 Å². The van der Waals surface area contributed by atoms with E-state index in [1.54, 1.807) is 0 Å². The largest absolute Gasteiger partial charge is 0.0683 e. The predicted octanol–water partition coefficient (Wildman–Crippen LogP) is 6.23. The third kappa shape index (κ3) is 7.36. The van der Waals surface area contributed by atoms with Crippen molar-refractivity contribution in [3.05, 3.63) is 66.8 Å². The summed E-state index contributed by atoms with van der Waals surface area (Å²) in [5.41, 5.74) is 2.71. The Labute approximate surface area is 138 Å². The average molecular weight is 466 g/mol. The highest BCUT2D eigenvalue weighted by Crippen LogP contribution is 2.08. The van der Waals surface area contributed by atoms with Crippen molar-refractivity contribution in [3.63, 3.8) is 0 Å². The van der Waals surface area contributed by atoms with Gasteiger partial charge in [-0.05, 0) is 82.3 Å². The first-order valence-electron chi connectivity index (χ1n) is 6.03. The molecule has 0 unspecified atom stereocenters. The minimum atomic E-state index is 1.34. The van der Waals surface area contributed by atoms with Crippen LogP contribution in [0.3, 0.4) is 0 Å². The molecule has 0 N–H and O–H groups in total. The number of hydrogen-bond acceptors (Lipinski definition) is 0. The summed E-state index contributed by atoms with van der Waals surface area (Å²) in [4.78, 5) is 0. The molecule has 0 nitrogen and oxygen atoms in total. The Bertz CT molecular complexity index is 365. The molecular formula is C16H20I2. The monoisotopic (exact) mass is 466 g/mol. The van der Waals surface area contributed by atoms with Crippen LogP contribution < -0.4 is 0 Å². The molecule has 18 heavy (non-hydrogen) atoms. The molecule has 0 saturated heterocycles. The van der Waals surface area contributed by atoms with Crippen LogP contribution in [-0.2, 0) is 0 Å². The Kier molecular flexibility index (Phi) is 10.7. The third-order valence-corrected chi connectivity index (χ3v) is 4.57. The fourth-order valence-electron chi connectivity index (χ4n) is 1.10. The summed E-state index contributed by atoms with van der Waals surface area (Å²) < 4.78 is 2.68. The summed E-state index contributed by atoms with van der Waals surface area (Å²) in [5, 5.41) is 0. The molecule has 0 atom stereocenters. The van der Waals surface area contributed by atoms with Crippen molar-refractivity contribution in [1.82, 2.24) is 0 Å². The van der Waals surface area contributed by atoms with Crippen LogP contribution in [0, 0.1) is 21.0 Å². The number of aryl methyl sites for hydroxylation is 2. The summed E-state index contributed by atoms with van der Waals surface area (Å²) in [7, 11) is 0. The normalized spacial score (nSPS) is 8.56. The smallest absolute Gasteiger partial charge is 0.0159 e. The van der Waals surface area contributed by atoms with Gasteiger partial charge in [0.2, 0.25) is 0 Å². The fourth-order valence-corrected chi connectivity index (χ4v) is 1.88. The third-order valence-electron chi connectivity index (χ3n) is 2.15. The predicted molar refractivity (Wildman–Crippen MR) is 99.1 cm³/mol. The van der Waals surface area contributed by atoms with E-state index in [-0.39, 0.29) is 0 Å². The Hall–Kier alpha value is -0.100. The Morgan fingerprint density at radius 2 is 0.889 bits per heavy atom. The van der Waals surface area contributed by atoms with Gasteiger partial charge in [0.05, 0.1) is 0 Å². The van der Waals surface area contributed by atoms with Crippen LogP contribution in [0.25, 0.3) is 0 Å². The van der Waals surface area contributed by atoms with Crippen LogP contribution in [-0.4, -0.2) is 0 Å². The minimum absolute atomic E-state index is 1.34. The van der Waals surface area contributed by atoms with Gasteiger partial charge in [0.15, 0.2) is 0 Å². The number of hydrogen-bond donors (Lipinski definition) is 0. The fraction of sp³-hybridized carbons (Fsp3) is 0.250. The molecule has 0 fully saturated rings. The zero-order valence-corrected chi connectivity index (χ0v) is 15.7. The SMILES string of the molecule is CC.Cc1ccccc1I.Cc1ccccc1I. The van der Waals surface area contributed by atoms with E-state index < -0.39 is 0 Å². The van der Waals surface area contributed by atoms with Gasteiger partial charge in [-0.2, -0.15) is 0 Å². The molecule has 0 spiro atoms. The molecule has 0 radical (unpaired) electrons. The highest BCUT2D eigenvalue weighted by atomic mass is 127. The molecular weight excluding hydrogens is 446 g/mol. The van der Waals surface area contributed by atoms with E-state index in [0.29, 0.717) is 0 Å². The van der Waals surface area contributed by atoms with E-state index in [4.69, 9.17) is 0 Å². The van der Waals surface area contributed by atoms with Gasteiger partial charge in [-0.25, -0.2) is 0 Å². The molecule has 2 aromatic carbocycles. The molecule has 2 heteroatoms. The maximum absolute atomic E-state index is 2.32. The molecule has 0 heterocycles. The topological polar surface area (TPSA) is 0 Å². The minimum Gasteiger partial charge on any atom is -0.0683 e. The molecule has 0 aliphatic heterocycles. The highest BCUT2D eigenvalue weighted by Gasteiger charge is 1.86. The molecule has 0 bridgehead atoms. The number of benzene rings is 2. The lowest BCUT2D eigenvalue weighted by Gasteiger charge is -1.91. The second kappa shape index (κ2) is 10.8. The molecule has 0 aliphatic carbocycles. The van der Waals surface area contributed by atoms with Gasteiger partial charge in [0, 0.05) is 7.14 Å². The first-order valence-corrected chi connectivity index (χ1v) is 8.19. The average Bonchev–Trinajstić information content (AvgIpc) is 2.40. The lowest BCUT2D eigenvalue weighted by Crippen LogP contribution is -1.74. The van der Waals surface area contributed by atoms with E-state index in [1.165, 1.54) is 18.3 Å². The van der Waals surface area contributed by atoms with E-state index in [1.807, 2.05) is 13.8 Å². The lowest BCUT2D eigenvalue weighted by molar-refractivity contribution is 1.43. The van der Waals surface area contributed by atoms with Gasteiger partial charge in [-0.15, -0.1) is 0 Å². The van der Waals surface area contributed by atoms with Crippen molar-refractivity contribution in [1.29, 1.82) is 0 Å². The number of halogens is 2. The maximum Gasteiger partial charge on any atom is 0.0159 e. The Morgan fingerprint density at radius 3 is 1.06 bits per heavy atom. The van der Waals surface area contributed by atoms with E-state index in [0.717, 1.165) is 0 Å². The molecule has 0 aliphatic rings. The van der Waals surface area contributed by atoms with Crippen LogP contribution in [0.5, 0.6) is 0 Å². The van der Waals surface area contributed by atoms with Gasteiger partial charge >= 0.3 is 0 Å². The van der Waals surface area contributed by atoms with Crippen LogP contribution in [0.1, 0.15) is 25.0 Å². The van der Waals surface area contributed by atoms with Crippen molar-refractivity contribution < 1.29 is 0 Å². The van der Waals surface area contributed by atoms with Crippen molar-refractivity contribution in [2.24, 2.45) is 0 Å². The van der Waals surface area contributed by atoms with Crippen molar-refractivity contribution >= 4 is 45.2 Å². The highest BCUT2D eigenvalue weighted by molar-refractivity contribution is 14.1. The summed E-state index contributed by atoms with van der Waals surface area (Å²) in [6, 6.07) is 16.6. The first-order chi connectivity index (χ1) is 8.61. The molecule has 0 saturated carbocycles. The van der Waals surface area contributed by atoms with E-state index in [9.17, 15) is 0 Å². The molecule has 0 amide bonds. The zero-order chi connectivity index (χ0) is 14.0. The molecule has 2 aromatic rings. The van der Waals surface area contributed by atoms with Crippen LogP contribution in [0.4, 0.5) is 0 Å². The van der Waals surface area contributed by atoms with Gasteiger partial charge in [-0.3, -0.25) is 0 Å². The quantitative estimate of drug-likeness (QED) is 0.405. The summed E-state index contributed by atoms with van der Waals surface area (Å²) >= 11 is 4.65. The zero-order valence-electron chi connectivity index (χ0n) is 11.4. The Morgan fingerprint density at radius 1 is 0.611 bits per heavy atom. The summed E-state index contributed by atoms with van der Waals surface area (Å²) in [6.45, 7) is 8.23. The Balaban J connectivity index is 0.000000283. The molecule has 2 rings (SSSR count). The van der Waals surface area contributed by atoms with Crippen LogP contribution in [0.15, 0.2) is 48.5 Å². The molecule has 0 aromatic heterocycles.